The molecule has 5 nitrogen and oxygen atoms in total. The van der Waals surface area contributed by atoms with E-state index in [0.29, 0.717) is 43.5 Å². The third kappa shape index (κ3) is 4.46. The molecule has 0 saturated carbocycles. The topological polar surface area (TPSA) is 69.6 Å². The van der Waals surface area contributed by atoms with Gasteiger partial charge in [0.2, 0.25) is 0 Å². The Kier molecular flexibility index (Phi) is 5.79. The van der Waals surface area contributed by atoms with Gasteiger partial charge in [0.05, 0.1) is 6.10 Å². The van der Waals surface area contributed by atoms with E-state index in [0.717, 1.165) is 12.0 Å². The summed E-state index contributed by atoms with van der Waals surface area (Å²) in [5.74, 6) is -0.891. The van der Waals surface area contributed by atoms with Crippen LogP contribution in [-0.4, -0.2) is 34.9 Å². The van der Waals surface area contributed by atoms with Crippen molar-refractivity contribution < 1.29 is 23.5 Å². The van der Waals surface area contributed by atoms with E-state index < -0.39 is 17.7 Å². The summed E-state index contributed by atoms with van der Waals surface area (Å²) in [6.07, 6.45) is 1.61. The van der Waals surface area contributed by atoms with Crippen LogP contribution in [-0.2, 0) is 13.0 Å². The van der Waals surface area contributed by atoms with Crippen LogP contribution in [0.4, 0.5) is 13.6 Å². The predicted octanol–water partition coefficient (Wildman–Crippen LogP) is 4.14. The molecule has 31 heavy (non-hydrogen) atoms. The number of halogens is 2. The number of amides is 2. The number of hydrogen-bond acceptors (Lipinski definition) is 3. The maximum atomic E-state index is 13.7. The molecule has 1 unspecified atom stereocenters. The van der Waals surface area contributed by atoms with Crippen molar-refractivity contribution in [2.24, 2.45) is 5.41 Å². The highest BCUT2D eigenvalue weighted by atomic mass is 19.1. The van der Waals surface area contributed by atoms with Gasteiger partial charge in [-0.15, -0.1) is 0 Å². The summed E-state index contributed by atoms with van der Waals surface area (Å²) in [4.78, 5) is 26.9. The Bertz CT molecular complexity index is 1010. The Morgan fingerprint density at radius 2 is 1.90 bits per heavy atom. The average molecular weight is 428 g/mol. The van der Waals surface area contributed by atoms with Gasteiger partial charge in [-0.2, -0.15) is 0 Å². The fraction of sp³-hybridized carbons (Fsp3) is 0.417. The minimum absolute atomic E-state index is 0.0242. The van der Waals surface area contributed by atoms with E-state index in [2.05, 4.69) is 5.32 Å². The van der Waals surface area contributed by atoms with Crippen molar-refractivity contribution in [1.82, 2.24) is 10.2 Å². The van der Waals surface area contributed by atoms with Gasteiger partial charge in [0.1, 0.15) is 11.6 Å². The smallest absolute Gasteiger partial charge is 0.317 e. The molecule has 2 aromatic carbocycles. The van der Waals surface area contributed by atoms with Crippen molar-refractivity contribution in [2.75, 3.05) is 13.1 Å². The molecule has 1 aliphatic carbocycles. The first-order chi connectivity index (χ1) is 14.8. The standard InChI is InChI=1S/C24H26F2N2O3/c1-15(29)19-10-16(2-5-21(19)26)14-27-23(31)28-8-6-24(7-9-28)12-17-3-4-18(25)11-20(17)22(30)13-24/h2-5,10-11,15,29H,6-9,12-14H2,1H3,(H,27,31). The molecule has 0 bridgehead atoms. The molecule has 1 heterocycles. The van der Waals surface area contributed by atoms with Crippen LogP contribution in [0.5, 0.6) is 0 Å². The number of aliphatic hydroxyl groups excluding tert-OH is 1. The molecule has 7 heteroatoms. The summed E-state index contributed by atoms with van der Waals surface area (Å²) in [6.45, 7) is 2.81. The number of urea groups is 1. The lowest BCUT2D eigenvalue weighted by molar-refractivity contribution is 0.0735. The first-order valence-electron chi connectivity index (χ1n) is 10.6. The summed E-state index contributed by atoms with van der Waals surface area (Å²) < 4.78 is 27.2. The molecule has 0 radical (unpaired) electrons. The van der Waals surface area contributed by atoms with Gasteiger partial charge in [-0.05, 0) is 67.0 Å². The summed E-state index contributed by atoms with van der Waals surface area (Å²) in [5, 5.41) is 12.5. The second-order valence-corrected chi connectivity index (χ2v) is 8.76. The fourth-order valence-corrected chi connectivity index (χ4v) is 4.72. The molecule has 2 amide bonds. The van der Waals surface area contributed by atoms with Gasteiger partial charge in [-0.3, -0.25) is 4.79 Å². The van der Waals surface area contributed by atoms with Crippen molar-refractivity contribution in [3.8, 4) is 0 Å². The molecule has 1 aliphatic heterocycles. The van der Waals surface area contributed by atoms with Gasteiger partial charge in [0.15, 0.2) is 5.78 Å². The highest BCUT2D eigenvalue weighted by Gasteiger charge is 2.41. The number of rotatable bonds is 3. The summed E-state index contributed by atoms with van der Waals surface area (Å²) >= 11 is 0. The number of aliphatic hydroxyl groups is 1. The largest absolute Gasteiger partial charge is 0.389 e. The van der Waals surface area contributed by atoms with Crippen molar-refractivity contribution in [1.29, 1.82) is 0 Å². The van der Waals surface area contributed by atoms with Gasteiger partial charge < -0.3 is 15.3 Å². The molecule has 1 saturated heterocycles. The normalized spacial score (nSPS) is 18.6. The van der Waals surface area contributed by atoms with Gasteiger partial charge in [0.25, 0.3) is 0 Å². The second-order valence-electron chi connectivity index (χ2n) is 8.76. The first kappa shape index (κ1) is 21.4. The molecule has 164 valence electrons. The number of hydrogen-bond donors (Lipinski definition) is 2. The molecule has 0 aromatic heterocycles. The van der Waals surface area contributed by atoms with Crippen LogP contribution in [0.15, 0.2) is 36.4 Å². The van der Waals surface area contributed by atoms with Crippen LogP contribution in [0.25, 0.3) is 0 Å². The first-order valence-corrected chi connectivity index (χ1v) is 10.6. The van der Waals surface area contributed by atoms with E-state index in [4.69, 9.17) is 0 Å². The molecule has 4 rings (SSSR count). The highest BCUT2D eigenvalue weighted by Crippen LogP contribution is 2.43. The average Bonchev–Trinajstić information content (AvgIpc) is 2.74. The maximum Gasteiger partial charge on any atom is 0.317 e. The Balaban J connectivity index is 1.35. The zero-order valence-corrected chi connectivity index (χ0v) is 17.5. The molecule has 2 aromatic rings. The fourth-order valence-electron chi connectivity index (χ4n) is 4.72. The van der Waals surface area contributed by atoms with Crippen LogP contribution in [0.1, 0.15) is 59.3 Å². The van der Waals surface area contributed by atoms with Crippen LogP contribution < -0.4 is 5.32 Å². The molecular weight excluding hydrogens is 402 g/mol. The molecule has 2 N–H and O–H groups in total. The number of carbonyl (C=O) groups excluding carboxylic acids is 2. The van der Waals surface area contributed by atoms with E-state index >= 15 is 0 Å². The number of benzene rings is 2. The monoisotopic (exact) mass is 428 g/mol. The van der Waals surface area contributed by atoms with Crippen LogP contribution in [0.3, 0.4) is 0 Å². The lowest BCUT2D eigenvalue weighted by atomic mass is 9.66. The molecule has 1 atom stereocenters. The van der Waals surface area contributed by atoms with E-state index in [1.165, 1.54) is 25.1 Å². The predicted molar refractivity (Wildman–Crippen MR) is 112 cm³/mol. The van der Waals surface area contributed by atoms with Crippen molar-refractivity contribution in [3.63, 3.8) is 0 Å². The van der Waals surface area contributed by atoms with E-state index in [9.17, 15) is 23.5 Å². The number of Topliss-reactive ketones (excluding diaryl/α,β-unsaturated/α-hetero) is 1. The van der Waals surface area contributed by atoms with Gasteiger partial charge in [0, 0.05) is 37.2 Å². The van der Waals surface area contributed by atoms with E-state index in [1.807, 2.05) is 0 Å². The highest BCUT2D eigenvalue weighted by molar-refractivity contribution is 5.99. The summed E-state index contributed by atoms with van der Waals surface area (Å²) in [6, 6.07) is 8.64. The number of piperidine rings is 1. The minimum Gasteiger partial charge on any atom is -0.389 e. The number of nitrogens with zero attached hydrogens (tertiary/aromatic N) is 1. The van der Waals surface area contributed by atoms with Gasteiger partial charge in [-0.25, -0.2) is 13.6 Å². The third-order valence-electron chi connectivity index (χ3n) is 6.54. The maximum absolute atomic E-state index is 13.7. The lowest BCUT2D eigenvalue weighted by Crippen LogP contribution is -2.49. The van der Waals surface area contributed by atoms with E-state index in [-0.39, 0.29) is 29.3 Å². The quantitative estimate of drug-likeness (QED) is 0.772. The molecule has 2 aliphatic rings. The third-order valence-corrected chi connectivity index (χ3v) is 6.54. The van der Waals surface area contributed by atoms with Crippen LogP contribution in [0.2, 0.25) is 0 Å². The number of carbonyl (C=O) groups is 2. The van der Waals surface area contributed by atoms with Crippen molar-refractivity contribution >= 4 is 11.8 Å². The number of nitrogens with one attached hydrogen (secondary N) is 1. The minimum atomic E-state index is -0.922. The Hall–Kier alpha value is -2.80. The van der Waals surface area contributed by atoms with Crippen molar-refractivity contribution in [3.05, 3.63) is 70.3 Å². The summed E-state index contributed by atoms with van der Waals surface area (Å²) in [7, 11) is 0. The van der Waals surface area contributed by atoms with Crippen molar-refractivity contribution in [2.45, 2.75) is 45.3 Å². The van der Waals surface area contributed by atoms with E-state index in [1.54, 1.807) is 23.1 Å². The molecule has 1 spiro atoms. The van der Waals surface area contributed by atoms with Gasteiger partial charge >= 0.3 is 6.03 Å². The lowest BCUT2D eigenvalue weighted by Gasteiger charge is -2.44. The Morgan fingerprint density at radius 1 is 1.16 bits per heavy atom. The number of fused-ring (bicyclic) bond motifs is 1. The Labute approximate surface area is 180 Å². The Morgan fingerprint density at radius 3 is 2.61 bits per heavy atom. The second kappa shape index (κ2) is 8.38. The van der Waals surface area contributed by atoms with Gasteiger partial charge in [-0.1, -0.05) is 12.1 Å². The SMILES string of the molecule is CC(O)c1cc(CNC(=O)N2CCC3(CC2)CC(=O)c2cc(F)ccc2C3)ccc1F. The van der Waals surface area contributed by atoms with Crippen LogP contribution in [0, 0.1) is 17.0 Å². The summed E-state index contributed by atoms with van der Waals surface area (Å²) in [5.41, 5.74) is 2.11. The van der Waals surface area contributed by atoms with Crippen LogP contribution >= 0.6 is 0 Å². The molecular formula is C24H26F2N2O3. The zero-order valence-electron chi connectivity index (χ0n) is 17.5. The zero-order chi connectivity index (χ0) is 22.2. The number of likely N-dealkylation sites (tertiary alicyclic amines) is 1. The number of ketones is 1. The molecule has 1 fully saturated rings.